The van der Waals surface area contributed by atoms with Crippen LogP contribution in [0.25, 0.3) is 0 Å². The first-order valence-electron chi connectivity index (χ1n) is 11.3. The second-order valence-corrected chi connectivity index (χ2v) is 10.0. The molecule has 35 heavy (non-hydrogen) atoms. The fourth-order valence-corrected chi connectivity index (χ4v) is 3.17. The van der Waals surface area contributed by atoms with Crippen molar-refractivity contribution in [2.24, 2.45) is 5.92 Å². The molecule has 0 saturated carbocycles. The molecule has 2 rings (SSSR count). The van der Waals surface area contributed by atoms with Crippen LogP contribution in [0, 0.1) is 5.92 Å². The van der Waals surface area contributed by atoms with Crippen molar-refractivity contribution >= 4 is 12.1 Å². The van der Waals surface area contributed by atoms with Gasteiger partial charge in [0.25, 0.3) is 0 Å². The summed E-state index contributed by atoms with van der Waals surface area (Å²) in [7, 11) is 1.25. The fraction of sp³-hybridized carbons (Fsp3) is 0.500. The van der Waals surface area contributed by atoms with Gasteiger partial charge in [-0.1, -0.05) is 30.3 Å². The topological polar surface area (TPSA) is 116 Å². The number of aliphatic hydroxyl groups excluding tert-OH is 1. The van der Waals surface area contributed by atoms with E-state index in [0.717, 1.165) is 5.56 Å². The van der Waals surface area contributed by atoms with Crippen LogP contribution in [-0.2, 0) is 25.6 Å². The second-order valence-electron chi connectivity index (χ2n) is 10.0. The Labute approximate surface area is 206 Å². The molecule has 0 aliphatic heterocycles. The monoisotopic (exact) mass is 488 g/mol. The number of methoxy groups -OCH3 is 1. The Morgan fingerprint density at radius 3 is 2.20 bits per heavy atom. The number of amides is 1. The van der Waals surface area contributed by atoms with E-state index >= 15 is 0 Å². The van der Waals surface area contributed by atoms with Gasteiger partial charge in [0.1, 0.15) is 29.5 Å². The highest BCUT2D eigenvalue weighted by molar-refractivity contribution is 5.76. The number of nitrogens with one attached hydrogen (secondary N) is 1. The van der Waals surface area contributed by atoms with Crippen molar-refractivity contribution in [1.29, 1.82) is 0 Å². The Morgan fingerprint density at radius 1 is 1.00 bits per heavy atom. The van der Waals surface area contributed by atoms with Crippen molar-refractivity contribution < 1.29 is 33.6 Å². The molecular formula is C26H36N2O7. The lowest BCUT2D eigenvalue weighted by molar-refractivity contribution is -0.183. The number of carbonyl (C=O) groups excluding carboxylic acids is 2. The maximum atomic E-state index is 13.1. The van der Waals surface area contributed by atoms with E-state index < -0.39 is 41.5 Å². The minimum absolute atomic E-state index is 0.298. The smallest absolute Gasteiger partial charge is 0.408 e. The van der Waals surface area contributed by atoms with Crippen LogP contribution in [0.2, 0.25) is 0 Å². The minimum Gasteiger partial charge on any atom is -0.487 e. The van der Waals surface area contributed by atoms with Gasteiger partial charge in [-0.15, -0.1) is 0 Å². The molecule has 0 aliphatic carbocycles. The first-order valence-corrected chi connectivity index (χ1v) is 11.3. The van der Waals surface area contributed by atoms with Crippen molar-refractivity contribution in [1.82, 2.24) is 10.3 Å². The normalized spacial score (nSPS) is 14.4. The zero-order valence-corrected chi connectivity index (χ0v) is 21.4. The number of carbonyl (C=O) groups is 2. The number of ether oxygens (including phenoxy) is 4. The molecule has 0 radical (unpaired) electrons. The highest BCUT2D eigenvalue weighted by Crippen LogP contribution is 2.30. The predicted molar refractivity (Wildman–Crippen MR) is 129 cm³/mol. The van der Waals surface area contributed by atoms with Gasteiger partial charge >= 0.3 is 12.1 Å². The van der Waals surface area contributed by atoms with Crippen LogP contribution in [0.4, 0.5) is 4.79 Å². The van der Waals surface area contributed by atoms with Gasteiger partial charge in [-0.05, 0) is 58.7 Å². The van der Waals surface area contributed by atoms with Gasteiger partial charge in [0.2, 0.25) is 0 Å². The lowest BCUT2D eigenvalue weighted by atomic mass is 9.92. The van der Waals surface area contributed by atoms with Crippen LogP contribution in [-0.4, -0.2) is 46.8 Å². The van der Waals surface area contributed by atoms with Gasteiger partial charge in [-0.2, -0.15) is 0 Å². The number of benzene rings is 1. The molecular weight excluding hydrogens is 452 g/mol. The number of aliphatic hydroxyl groups is 1. The first-order chi connectivity index (χ1) is 16.3. The van der Waals surface area contributed by atoms with Gasteiger partial charge in [-0.3, -0.25) is 9.78 Å². The van der Waals surface area contributed by atoms with E-state index in [0.29, 0.717) is 17.9 Å². The molecule has 1 aromatic carbocycles. The average Bonchev–Trinajstić information content (AvgIpc) is 2.75. The van der Waals surface area contributed by atoms with Crippen LogP contribution in [0.15, 0.2) is 48.8 Å². The maximum absolute atomic E-state index is 13.1. The molecule has 192 valence electrons. The summed E-state index contributed by atoms with van der Waals surface area (Å²) < 4.78 is 21.9. The van der Waals surface area contributed by atoms with Crippen molar-refractivity contribution in [3.8, 4) is 5.75 Å². The van der Waals surface area contributed by atoms with E-state index in [-0.39, 0.29) is 0 Å². The summed E-state index contributed by atoms with van der Waals surface area (Å²) in [5.41, 5.74) is -0.261. The number of esters is 1. The van der Waals surface area contributed by atoms with Crippen LogP contribution in [0.3, 0.4) is 0 Å². The molecule has 0 fully saturated rings. The highest BCUT2D eigenvalue weighted by Gasteiger charge is 2.41. The zero-order chi connectivity index (χ0) is 26.2. The molecule has 9 nitrogen and oxygen atoms in total. The number of pyridine rings is 1. The minimum atomic E-state index is -1.58. The summed E-state index contributed by atoms with van der Waals surface area (Å²) in [5.74, 6) is -1.67. The number of hydrogen-bond acceptors (Lipinski definition) is 8. The number of hydrogen-bond donors (Lipinski definition) is 2. The van der Waals surface area contributed by atoms with Crippen LogP contribution in [0.1, 0.15) is 58.7 Å². The van der Waals surface area contributed by atoms with Crippen molar-refractivity contribution in [3.05, 3.63) is 59.9 Å². The van der Waals surface area contributed by atoms with E-state index in [4.69, 9.17) is 18.9 Å². The van der Waals surface area contributed by atoms with Crippen LogP contribution >= 0.6 is 0 Å². The largest absolute Gasteiger partial charge is 0.487 e. The fourth-order valence-electron chi connectivity index (χ4n) is 3.17. The Bertz CT molecular complexity index is 968. The van der Waals surface area contributed by atoms with Crippen molar-refractivity contribution in [2.45, 2.75) is 71.7 Å². The Hall–Kier alpha value is -3.17. The molecule has 3 atom stereocenters. The third-order valence-electron chi connectivity index (χ3n) is 4.60. The summed E-state index contributed by atoms with van der Waals surface area (Å²) in [6.07, 6.45) is 0.622. The summed E-state index contributed by atoms with van der Waals surface area (Å²) >= 11 is 0. The maximum Gasteiger partial charge on any atom is 0.408 e. The molecule has 1 heterocycles. The second kappa shape index (κ2) is 12.0. The Balaban J connectivity index is 2.41. The highest BCUT2D eigenvalue weighted by atomic mass is 16.6. The molecule has 3 unspecified atom stereocenters. The van der Waals surface area contributed by atoms with E-state index in [1.165, 1.54) is 19.5 Å². The number of aromatic nitrogens is 1. The molecule has 9 heteroatoms. The molecule has 0 bridgehead atoms. The summed E-state index contributed by atoms with van der Waals surface area (Å²) in [5, 5.41) is 13.3. The van der Waals surface area contributed by atoms with Gasteiger partial charge in [0, 0.05) is 13.3 Å². The third kappa shape index (κ3) is 9.54. The molecule has 2 aromatic rings. The molecule has 1 amide bonds. The van der Waals surface area contributed by atoms with E-state index in [1.54, 1.807) is 47.6 Å². The van der Waals surface area contributed by atoms with E-state index in [9.17, 15) is 14.7 Å². The van der Waals surface area contributed by atoms with Crippen LogP contribution < -0.4 is 10.1 Å². The van der Waals surface area contributed by atoms with Gasteiger partial charge in [0.15, 0.2) is 6.29 Å². The third-order valence-corrected chi connectivity index (χ3v) is 4.60. The summed E-state index contributed by atoms with van der Waals surface area (Å²) in [4.78, 5) is 30.0. The predicted octanol–water partition coefficient (Wildman–Crippen LogP) is 4.15. The standard InChI is InChI=1S/C26H36N2O7/c1-25(2,3)34-23(30)20(22(29)32-7)21(28-24(31)35-26(4,5)6)18-13-19(15-27-14-18)33-16-17-11-9-8-10-12-17/h8-15,20-22,29H,16H2,1-7H3,(H,28,31). The summed E-state index contributed by atoms with van der Waals surface area (Å²) in [6.45, 7) is 10.6. The average molecular weight is 489 g/mol. The molecule has 0 saturated heterocycles. The van der Waals surface area contributed by atoms with Gasteiger partial charge in [0.05, 0.1) is 12.2 Å². The van der Waals surface area contributed by atoms with Gasteiger partial charge < -0.3 is 29.4 Å². The molecule has 0 aliphatic rings. The Morgan fingerprint density at radius 2 is 1.63 bits per heavy atom. The SMILES string of the molecule is COC(O)C(C(=O)OC(C)(C)C)C(NC(=O)OC(C)(C)C)c1cncc(OCc2ccccc2)c1. The van der Waals surface area contributed by atoms with Gasteiger partial charge in [-0.25, -0.2) is 4.79 Å². The molecule has 2 N–H and O–H groups in total. The first kappa shape index (κ1) is 28.1. The van der Waals surface area contributed by atoms with Crippen molar-refractivity contribution in [2.75, 3.05) is 7.11 Å². The Kier molecular flexibility index (Phi) is 9.62. The summed E-state index contributed by atoms with van der Waals surface area (Å²) in [6, 6.07) is 10.1. The molecule has 1 aromatic heterocycles. The van der Waals surface area contributed by atoms with E-state index in [2.05, 4.69) is 10.3 Å². The zero-order valence-electron chi connectivity index (χ0n) is 21.4. The number of rotatable bonds is 9. The number of nitrogens with zero attached hydrogens (tertiary/aromatic N) is 1. The van der Waals surface area contributed by atoms with Crippen LogP contribution in [0.5, 0.6) is 5.75 Å². The van der Waals surface area contributed by atoms with Crippen molar-refractivity contribution in [3.63, 3.8) is 0 Å². The van der Waals surface area contributed by atoms with E-state index in [1.807, 2.05) is 30.3 Å². The lowest BCUT2D eigenvalue weighted by Gasteiger charge is -2.32. The quantitative estimate of drug-likeness (QED) is 0.399. The number of alkyl carbamates (subject to hydrolysis) is 1. The molecule has 0 spiro atoms. The lowest BCUT2D eigenvalue weighted by Crippen LogP contribution is -2.46.